The summed E-state index contributed by atoms with van der Waals surface area (Å²) in [6.07, 6.45) is 0. The molecule has 0 aromatic heterocycles. The maximum atomic E-state index is 13.1. The van der Waals surface area contributed by atoms with Gasteiger partial charge in [-0.25, -0.2) is 0 Å². The summed E-state index contributed by atoms with van der Waals surface area (Å²) >= 11 is 0. The molecule has 0 aliphatic carbocycles. The number of carbonyl (C=O) groups is 2. The zero-order valence-electron chi connectivity index (χ0n) is 18.1. The van der Waals surface area contributed by atoms with E-state index in [-0.39, 0.29) is 17.2 Å². The molecule has 2 aromatic carbocycles. The fourth-order valence-electron chi connectivity index (χ4n) is 3.80. The quantitative estimate of drug-likeness (QED) is 0.827. The third kappa shape index (κ3) is 4.29. The van der Waals surface area contributed by atoms with Crippen molar-refractivity contribution in [1.82, 2.24) is 5.32 Å². The molecular formula is C24H30N2O3. The average molecular weight is 395 g/mol. The monoisotopic (exact) mass is 394 g/mol. The Morgan fingerprint density at radius 2 is 1.69 bits per heavy atom. The normalized spacial score (nSPS) is 16.0. The molecule has 0 bridgehead atoms. The van der Waals surface area contributed by atoms with Crippen LogP contribution in [0.4, 0.5) is 5.69 Å². The van der Waals surface area contributed by atoms with Crippen LogP contribution in [-0.2, 0) is 15.0 Å². The predicted octanol–water partition coefficient (Wildman–Crippen LogP) is 4.20. The summed E-state index contributed by atoms with van der Waals surface area (Å²) in [5.74, 6) is 0.454. The minimum absolute atomic E-state index is 0.0956. The number of anilines is 1. The van der Waals surface area contributed by atoms with Gasteiger partial charge in [-0.15, -0.1) is 0 Å². The number of ether oxygens (including phenoxy) is 1. The lowest BCUT2D eigenvalue weighted by Crippen LogP contribution is -2.38. The molecule has 0 fully saturated rings. The molecule has 0 saturated carbocycles. The highest BCUT2D eigenvalue weighted by Crippen LogP contribution is 2.40. The first-order chi connectivity index (χ1) is 13.6. The molecule has 5 nitrogen and oxygen atoms in total. The lowest BCUT2D eigenvalue weighted by Gasteiger charge is -2.21. The van der Waals surface area contributed by atoms with Crippen LogP contribution in [0.1, 0.15) is 56.0 Å². The molecule has 5 heteroatoms. The van der Waals surface area contributed by atoms with Crippen molar-refractivity contribution in [3.8, 4) is 5.75 Å². The number of nitrogens with one attached hydrogen (secondary N) is 1. The van der Waals surface area contributed by atoms with Gasteiger partial charge in [-0.1, -0.05) is 45.0 Å². The second-order valence-electron chi connectivity index (χ2n) is 8.71. The van der Waals surface area contributed by atoms with Gasteiger partial charge in [-0.3, -0.25) is 9.59 Å². The third-order valence-corrected chi connectivity index (χ3v) is 5.36. The summed E-state index contributed by atoms with van der Waals surface area (Å²) in [7, 11) is 0. The highest BCUT2D eigenvalue weighted by molar-refractivity contribution is 6.07. The van der Waals surface area contributed by atoms with Crippen molar-refractivity contribution in [3.05, 3.63) is 58.7 Å². The van der Waals surface area contributed by atoms with Gasteiger partial charge in [0.1, 0.15) is 18.4 Å². The molecule has 2 amide bonds. The van der Waals surface area contributed by atoms with Crippen LogP contribution in [0.25, 0.3) is 0 Å². The Morgan fingerprint density at radius 1 is 1.07 bits per heavy atom. The van der Waals surface area contributed by atoms with Gasteiger partial charge in [0, 0.05) is 12.5 Å². The molecule has 1 unspecified atom stereocenters. The molecule has 2 aromatic rings. The highest BCUT2D eigenvalue weighted by atomic mass is 16.5. The van der Waals surface area contributed by atoms with Crippen molar-refractivity contribution < 1.29 is 14.3 Å². The maximum Gasteiger partial charge on any atom is 0.254 e. The van der Waals surface area contributed by atoms with Crippen LogP contribution in [0.2, 0.25) is 0 Å². The average Bonchev–Trinajstić information content (AvgIpc) is 2.91. The zero-order chi connectivity index (χ0) is 21.3. The molecule has 1 atom stereocenters. The number of carbonyl (C=O) groups excluding carboxylic acids is 2. The van der Waals surface area contributed by atoms with E-state index < -0.39 is 6.04 Å². The van der Waals surface area contributed by atoms with Crippen LogP contribution in [0.5, 0.6) is 5.75 Å². The molecule has 0 spiro atoms. The van der Waals surface area contributed by atoms with Gasteiger partial charge in [-0.2, -0.15) is 0 Å². The number of nitrogens with zero attached hydrogens (tertiary/aromatic N) is 1. The summed E-state index contributed by atoms with van der Waals surface area (Å²) in [5, 5.41) is 2.80. The van der Waals surface area contributed by atoms with Crippen LogP contribution in [0.3, 0.4) is 0 Å². The van der Waals surface area contributed by atoms with Crippen molar-refractivity contribution in [2.24, 2.45) is 0 Å². The van der Waals surface area contributed by atoms with Crippen molar-refractivity contribution in [2.45, 2.75) is 53.0 Å². The number of hydrogen-bond donors (Lipinski definition) is 1. The summed E-state index contributed by atoms with van der Waals surface area (Å²) in [5.41, 5.74) is 5.14. The minimum atomic E-state index is -0.631. The number of rotatable bonds is 5. The van der Waals surface area contributed by atoms with Crippen molar-refractivity contribution in [3.63, 3.8) is 0 Å². The van der Waals surface area contributed by atoms with Crippen molar-refractivity contribution in [2.75, 3.05) is 18.1 Å². The van der Waals surface area contributed by atoms with Crippen LogP contribution >= 0.6 is 0 Å². The molecular weight excluding hydrogens is 364 g/mol. The van der Waals surface area contributed by atoms with E-state index in [9.17, 15) is 9.59 Å². The number of hydrogen-bond acceptors (Lipinski definition) is 3. The van der Waals surface area contributed by atoms with Gasteiger partial charge < -0.3 is 15.0 Å². The van der Waals surface area contributed by atoms with Gasteiger partial charge in [0.15, 0.2) is 0 Å². The Bertz CT molecular complexity index is 926. The van der Waals surface area contributed by atoms with Crippen LogP contribution in [0.15, 0.2) is 36.4 Å². The molecule has 3 rings (SSSR count). The lowest BCUT2D eigenvalue weighted by molar-refractivity contribution is -0.126. The number of amides is 2. The fraction of sp³-hybridized carbons (Fsp3) is 0.417. The number of fused-ring (bicyclic) bond motifs is 1. The van der Waals surface area contributed by atoms with Gasteiger partial charge in [0.2, 0.25) is 5.91 Å². The van der Waals surface area contributed by atoms with E-state index >= 15 is 0 Å². The molecule has 1 heterocycles. The highest BCUT2D eigenvalue weighted by Gasteiger charge is 2.39. The third-order valence-electron chi connectivity index (χ3n) is 5.36. The van der Waals surface area contributed by atoms with E-state index in [1.54, 1.807) is 4.90 Å². The van der Waals surface area contributed by atoms with Gasteiger partial charge >= 0.3 is 0 Å². The Labute approximate surface area is 173 Å². The Morgan fingerprint density at radius 3 is 2.28 bits per heavy atom. The first-order valence-corrected chi connectivity index (χ1v) is 10.0. The number of benzene rings is 2. The second kappa shape index (κ2) is 7.90. The summed E-state index contributed by atoms with van der Waals surface area (Å²) in [6.45, 7) is 12.7. The van der Waals surface area contributed by atoms with E-state index in [0.29, 0.717) is 13.2 Å². The maximum absolute atomic E-state index is 13.1. The molecule has 1 aliphatic rings. The summed E-state index contributed by atoms with van der Waals surface area (Å²) < 4.78 is 5.90. The Balaban J connectivity index is 1.75. The van der Waals surface area contributed by atoms with E-state index in [2.05, 4.69) is 38.2 Å². The first kappa shape index (κ1) is 20.9. The fourth-order valence-corrected chi connectivity index (χ4v) is 3.80. The molecule has 29 heavy (non-hydrogen) atoms. The SMILES string of the molecule is CC(=O)NC1C(=O)N(CCOc2ccc(C(C)(C)C)cc2)c2c(C)ccc(C)c21. The van der Waals surface area contributed by atoms with Gasteiger partial charge in [0.05, 0.1) is 12.2 Å². The Kier molecular flexibility index (Phi) is 5.69. The Hall–Kier alpha value is -2.82. The van der Waals surface area contributed by atoms with Crippen molar-refractivity contribution in [1.29, 1.82) is 0 Å². The lowest BCUT2D eigenvalue weighted by atomic mass is 9.87. The first-order valence-electron chi connectivity index (χ1n) is 10.0. The zero-order valence-corrected chi connectivity index (χ0v) is 18.1. The molecule has 0 radical (unpaired) electrons. The van der Waals surface area contributed by atoms with E-state index in [4.69, 9.17) is 4.74 Å². The van der Waals surface area contributed by atoms with Crippen LogP contribution < -0.4 is 15.0 Å². The van der Waals surface area contributed by atoms with Gasteiger partial charge in [-0.05, 0) is 48.1 Å². The van der Waals surface area contributed by atoms with E-state index in [1.807, 2.05) is 38.1 Å². The molecule has 0 saturated heterocycles. The second-order valence-corrected chi connectivity index (χ2v) is 8.71. The van der Waals surface area contributed by atoms with E-state index in [0.717, 1.165) is 28.1 Å². The van der Waals surface area contributed by atoms with E-state index in [1.165, 1.54) is 12.5 Å². The largest absolute Gasteiger partial charge is 0.492 e. The summed E-state index contributed by atoms with van der Waals surface area (Å²) in [6, 6.07) is 11.5. The van der Waals surface area contributed by atoms with Crippen LogP contribution in [-0.4, -0.2) is 25.0 Å². The molecule has 154 valence electrons. The topological polar surface area (TPSA) is 58.6 Å². The smallest absolute Gasteiger partial charge is 0.254 e. The summed E-state index contributed by atoms with van der Waals surface area (Å²) in [4.78, 5) is 26.4. The van der Waals surface area contributed by atoms with Crippen molar-refractivity contribution >= 4 is 17.5 Å². The molecule has 1 N–H and O–H groups in total. The van der Waals surface area contributed by atoms with Crippen LogP contribution in [0, 0.1) is 13.8 Å². The molecule has 1 aliphatic heterocycles. The standard InChI is InChI=1S/C24H30N2O3/c1-15-7-8-16(2)22-20(15)21(25-17(3)27)23(28)26(22)13-14-29-19-11-9-18(10-12-19)24(4,5)6/h7-12,21H,13-14H2,1-6H3,(H,25,27). The number of aryl methyl sites for hydroxylation is 2. The minimum Gasteiger partial charge on any atom is -0.492 e. The predicted molar refractivity (Wildman–Crippen MR) is 115 cm³/mol. The van der Waals surface area contributed by atoms with Gasteiger partial charge in [0.25, 0.3) is 5.91 Å².